The molecule has 1 saturated carbocycles. The van der Waals surface area contributed by atoms with E-state index in [0.717, 1.165) is 71.2 Å². The number of carbonyl (C=O) groups is 1. The topological polar surface area (TPSA) is 69.2 Å². The number of guanidine groups is 1. The van der Waals surface area contributed by atoms with Gasteiger partial charge in [0.2, 0.25) is 5.91 Å². The number of thioether (sulfide) groups is 1. The van der Waals surface area contributed by atoms with Gasteiger partial charge in [0, 0.05) is 63.0 Å². The van der Waals surface area contributed by atoms with Crippen LogP contribution in [0.4, 0.5) is 0 Å². The standard InChI is InChI=1S/C21H37N5O2S.HI/c1-22-20(23-15-21(7-13-29-16-21)26-9-11-28-12-10-26)24-18-6-8-25(14-18)19(27)17-4-2-3-5-17;/h17-18H,2-16H2,1H3,(H2,22,23,24);1H. The summed E-state index contributed by atoms with van der Waals surface area (Å²) in [6, 6.07) is 0.295. The molecule has 4 fully saturated rings. The van der Waals surface area contributed by atoms with Gasteiger partial charge in [0.1, 0.15) is 0 Å². The number of ether oxygens (including phenoxy) is 1. The molecule has 4 aliphatic rings. The first kappa shape index (κ1) is 24.4. The lowest BCUT2D eigenvalue weighted by Crippen LogP contribution is -2.60. The molecule has 7 nitrogen and oxygen atoms in total. The van der Waals surface area contributed by atoms with Gasteiger partial charge in [0.25, 0.3) is 0 Å². The van der Waals surface area contributed by atoms with Gasteiger partial charge in [0.15, 0.2) is 5.96 Å². The summed E-state index contributed by atoms with van der Waals surface area (Å²) in [4.78, 5) is 21.9. The third kappa shape index (κ3) is 5.75. The molecular formula is C21H38IN5O2S. The second kappa shape index (κ2) is 11.6. The van der Waals surface area contributed by atoms with Crippen molar-refractivity contribution < 1.29 is 9.53 Å². The number of nitrogens with one attached hydrogen (secondary N) is 2. The lowest BCUT2D eigenvalue weighted by atomic mass is 9.95. The molecule has 30 heavy (non-hydrogen) atoms. The van der Waals surface area contributed by atoms with Crippen LogP contribution in [0.3, 0.4) is 0 Å². The Morgan fingerprint density at radius 3 is 2.63 bits per heavy atom. The van der Waals surface area contributed by atoms with Gasteiger partial charge in [-0.3, -0.25) is 14.7 Å². The van der Waals surface area contributed by atoms with Crippen LogP contribution < -0.4 is 10.6 Å². The van der Waals surface area contributed by atoms with Crippen molar-refractivity contribution in [3.63, 3.8) is 0 Å². The lowest BCUT2D eigenvalue weighted by molar-refractivity contribution is -0.134. The molecule has 3 aliphatic heterocycles. The van der Waals surface area contributed by atoms with Crippen LogP contribution in [0.25, 0.3) is 0 Å². The van der Waals surface area contributed by atoms with E-state index in [-0.39, 0.29) is 35.4 Å². The molecule has 2 N–H and O–H groups in total. The minimum atomic E-state index is 0. The van der Waals surface area contributed by atoms with Crippen LogP contribution in [0.15, 0.2) is 4.99 Å². The highest BCUT2D eigenvalue weighted by Gasteiger charge is 2.41. The van der Waals surface area contributed by atoms with E-state index in [1.165, 1.54) is 30.8 Å². The molecule has 2 atom stereocenters. The summed E-state index contributed by atoms with van der Waals surface area (Å²) in [5, 5.41) is 7.20. The van der Waals surface area contributed by atoms with E-state index in [0.29, 0.717) is 11.9 Å². The third-order valence-electron chi connectivity index (χ3n) is 7.12. The normalized spacial score (nSPS) is 31.0. The predicted molar refractivity (Wildman–Crippen MR) is 134 cm³/mol. The van der Waals surface area contributed by atoms with Crippen LogP contribution >= 0.6 is 35.7 Å². The fourth-order valence-corrected chi connectivity index (χ4v) is 6.76. The van der Waals surface area contributed by atoms with Gasteiger partial charge in [-0.2, -0.15) is 11.8 Å². The highest BCUT2D eigenvalue weighted by molar-refractivity contribution is 14.0. The van der Waals surface area contributed by atoms with Crippen LogP contribution in [0.5, 0.6) is 0 Å². The molecule has 0 aromatic heterocycles. The molecule has 0 bridgehead atoms. The monoisotopic (exact) mass is 551 g/mol. The number of morpholine rings is 1. The van der Waals surface area contributed by atoms with Crippen molar-refractivity contribution in [3.8, 4) is 0 Å². The Morgan fingerprint density at radius 2 is 1.97 bits per heavy atom. The fraction of sp³-hybridized carbons (Fsp3) is 0.905. The average Bonchev–Trinajstić information content (AvgIpc) is 3.53. The maximum atomic E-state index is 12.7. The minimum absolute atomic E-state index is 0. The number of rotatable bonds is 5. The van der Waals surface area contributed by atoms with E-state index in [4.69, 9.17) is 4.74 Å². The summed E-state index contributed by atoms with van der Waals surface area (Å²) >= 11 is 2.06. The van der Waals surface area contributed by atoms with Crippen molar-refractivity contribution in [3.05, 3.63) is 0 Å². The first-order chi connectivity index (χ1) is 14.2. The van der Waals surface area contributed by atoms with Gasteiger partial charge < -0.3 is 20.3 Å². The summed E-state index contributed by atoms with van der Waals surface area (Å²) in [5.41, 5.74) is 0.201. The maximum absolute atomic E-state index is 12.7. The summed E-state index contributed by atoms with van der Waals surface area (Å²) in [5.74, 6) is 3.92. The molecule has 3 saturated heterocycles. The SMILES string of the molecule is CN=C(NCC1(N2CCOCC2)CCSC1)NC1CCN(C(=O)C2CCCC2)C1.I. The first-order valence-corrected chi connectivity index (χ1v) is 12.5. The molecule has 2 unspecified atom stereocenters. The van der Waals surface area contributed by atoms with Crippen LogP contribution in [-0.4, -0.2) is 97.7 Å². The molecule has 172 valence electrons. The number of amides is 1. The van der Waals surface area contributed by atoms with Gasteiger partial charge in [-0.1, -0.05) is 12.8 Å². The largest absolute Gasteiger partial charge is 0.379 e. The summed E-state index contributed by atoms with van der Waals surface area (Å²) in [6.07, 6.45) is 6.81. The zero-order valence-corrected chi connectivity index (χ0v) is 21.4. The lowest BCUT2D eigenvalue weighted by Gasteiger charge is -2.43. The van der Waals surface area contributed by atoms with Gasteiger partial charge in [-0.05, 0) is 31.4 Å². The Bertz CT molecular complexity index is 590. The first-order valence-electron chi connectivity index (χ1n) is 11.4. The second-order valence-electron chi connectivity index (χ2n) is 8.95. The average molecular weight is 552 g/mol. The Morgan fingerprint density at radius 1 is 1.20 bits per heavy atom. The van der Waals surface area contributed by atoms with Crippen molar-refractivity contribution in [2.45, 2.75) is 50.1 Å². The van der Waals surface area contributed by atoms with E-state index in [1.54, 1.807) is 0 Å². The van der Waals surface area contributed by atoms with E-state index < -0.39 is 0 Å². The highest BCUT2D eigenvalue weighted by Crippen LogP contribution is 2.33. The molecule has 4 rings (SSSR count). The van der Waals surface area contributed by atoms with Crippen LogP contribution in [0.2, 0.25) is 0 Å². The molecule has 9 heteroatoms. The summed E-state index contributed by atoms with van der Waals surface area (Å²) in [6.45, 7) is 6.32. The van der Waals surface area contributed by atoms with Crippen molar-refractivity contribution >= 4 is 47.6 Å². The molecule has 1 amide bonds. The van der Waals surface area contributed by atoms with Crippen molar-refractivity contribution in [1.29, 1.82) is 0 Å². The van der Waals surface area contributed by atoms with E-state index >= 15 is 0 Å². The Kier molecular flexibility index (Phi) is 9.40. The predicted octanol–water partition coefficient (Wildman–Crippen LogP) is 1.77. The zero-order valence-electron chi connectivity index (χ0n) is 18.2. The number of hydrogen-bond donors (Lipinski definition) is 2. The van der Waals surface area contributed by atoms with Gasteiger partial charge in [-0.25, -0.2) is 0 Å². The minimum Gasteiger partial charge on any atom is -0.379 e. The van der Waals surface area contributed by atoms with Crippen LogP contribution in [0.1, 0.15) is 38.5 Å². The fourth-order valence-electron chi connectivity index (χ4n) is 5.28. The number of nitrogens with zero attached hydrogens (tertiary/aromatic N) is 3. The number of carbonyl (C=O) groups excluding carboxylic acids is 1. The van der Waals surface area contributed by atoms with Crippen molar-refractivity contribution in [2.75, 3.05) is 64.5 Å². The van der Waals surface area contributed by atoms with Crippen molar-refractivity contribution in [1.82, 2.24) is 20.4 Å². The smallest absolute Gasteiger partial charge is 0.225 e. The van der Waals surface area contributed by atoms with Gasteiger partial charge in [0.05, 0.1) is 13.2 Å². The number of halogens is 1. The number of hydrogen-bond acceptors (Lipinski definition) is 5. The molecular weight excluding hydrogens is 513 g/mol. The Balaban J connectivity index is 0.00000256. The molecule has 0 aromatic rings. The number of likely N-dealkylation sites (tertiary alicyclic amines) is 1. The second-order valence-corrected chi connectivity index (χ2v) is 10.1. The number of aliphatic imine (C=N–C) groups is 1. The summed E-state index contributed by atoms with van der Waals surface area (Å²) < 4.78 is 5.57. The van der Waals surface area contributed by atoms with Crippen LogP contribution in [0, 0.1) is 5.92 Å². The highest BCUT2D eigenvalue weighted by atomic mass is 127. The molecule has 0 aromatic carbocycles. The Labute approximate surface area is 202 Å². The van der Waals surface area contributed by atoms with Gasteiger partial charge >= 0.3 is 0 Å². The zero-order chi connectivity index (χ0) is 20.1. The molecule has 3 heterocycles. The van der Waals surface area contributed by atoms with E-state index in [1.807, 2.05) is 7.05 Å². The Hall–Kier alpha value is -0.260. The molecule has 0 spiro atoms. The molecule has 1 aliphatic carbocycles. The van der Waals surface area contributed by atoms with E-state index in [9.17, 15) is 4.79 Å². The maximum Gasteiger partial charge on any atom is 0.225 e. The quantitative estimate of drug-likeness (QED) is 0.309. The third-order valence-corrected chi connectivity index (χ3v) is 8.35. The molecule has 0 radical (unpaired) electrons. The van der Waals surface area contributed by atoms with Crippen LogP contribution in [-0.2, 0) is 9.53 Å². The van der Waals surface area contributed by atoms with Gasteiger partial charge in [-0.15, -0.1) is 24.0 Å². The van der Waals surface area contributed by atoms with Crippen molar-refractivity contribution in [2.24, 2.45) is 10.9 Å². The van der Waals surface area contributed by atoms with E-state index in [2.05, 4.69) is 37.2 Å². The summed E-state index contributed by atoms with van der Waals surface area (Å²) in [7, 11) is 1.84.